The zero-order valence-corrected chi connectivity index (χ0v) is 25.0. The summed E-state index contributed by atoms with van der Waals surface area (Å²) in [6.07, 6.45) is 14.8. The molecule has 0 aliphatic heterocycles. The molecule has 0 atom stereocenters. The van der Waals surface area contributed by atoms with Gasteiger partial charge in [0.15, 0.2) is 0 Å². The number of fused-ring (bicyclic) bond motifs is 3. The van der Waals surface area contributed by atoms with Gasteiger partial charge in [-0.25, -0.2) is 0 Å². The second-order valence-corrected chi connectivity index (χ2v) is 11.4. The Morgan fingerprint density at radius 3 is 2.43 bits per heavy atom. The molecule has 0 saturated heterocycles. The first-order chi connectivity index (χ1) is 20.6. The van der Waals surface area contributed by atoms with E-state index >= 15 is 0 Å². The number of hydrogen-bond donors (Lipinski definition) is 0. The zero-order valence-electron chi connectivity index (χ0n) is 25.0. The van der Waals surface area contributed by atoms with Crippen molar-refractivity contribution in [2.75, 3.05) is 0 Å². The number of aromatic nitrogens is 1. The van der Waals surface area contributed by atoms with Gasteiger partial charge in [-0.2, -0.15) is 0 Å². The number of allylic oxidation sites excluding steroid dienone is 9. The zero-order chi connectivity index (χ0) is 29.1. The van der Waals surface area contributed by atoms with Crippen LogP contribution in [0.25, 0.3) is 38.6 Å². The van der Waals surface area contributed by atoms with Crippen LogP contribution in [0.3, 0.4) is 0 Å². The highest BCUT2D eigenvalue weighted by Crippen LogP contribution is 2.39. The summed E-state index contributed by atoms with van der Waals surface area (Å²) >= 11 is 0. The van der Waals surface area contributed by atoms with Gasteiger partial charge in [0.1, 0.15) is 0 Å². The topological polar surface area (TPSA) is 4.93 Å². The van der Waals surface area contributed by atoms with E-state index in [1.165, 1.54) is 72.0 Å². The molecule has 208 valence electrons. The van der Waals surface area contributed by atoms with Crippen molar-refractivity contribution in [3.63, 3.8) is 0 Å². The number of para-hydroxylation sites is 1. The molecule has 6 rings (SSSR count). The quantitative estimate of drug-likeness (QED) is 0.171. The minimum absolute atomic E-state index is 0.999. The van der Waals surface area contributed by atoms with Crippen LogP contribution in [-0.2, 0) is 6.42 Å². The number of rotatable bonds is 8. The molecule has 0 fully saturated rings. The Hall–Kier alpha value is -4.62. The Balaban J connectivity index is 1.45. The van der Waals surface area contributed by atoms with Crippen molar-refractivity contribution >= 4 is 33.0 Å². The summed E-state index contributed by atoms with van der Waals surface area (Å²) in [5.74, 6) is 0. The van der Waals surface area contributed by atoms with Gasteiger partial charge in [-0.1, -0.05) is 109 Å². The van der Waals surface area contributed by atoms with E-state index < -0.39 is 0 Å². The van der Waals surface area contributed by atoms with Crippen LogP contribution in [0, 0.1) is 6.92 Å². The van der Waals surface area contributed by atoms with Gasteiger partial charge in [0.2, 0.25) is 0 Å². The average Bonchev–Trinajstić information content (AvgIpc) is 3.35. The lowest BCUT2D eigenvalue weighted by molar-refractivity contribution is 0.963. The molecule has 0 amide bonds. The molecule has 1 heteroatoms. The summed E-state index contributed by atoms with van der Waals surface area (Å²) in [4.78, 5) is 0. The Morgan fingerprint density at radius 2 is 1.64 bits per heavy atom. The smallest absolute Gasteiger partial charge is 0.0543 e. The van der Waals surface area contributed by atoms with Crippen molar-refractivity contribution < 1.29 is 0 Å². The highest BCUT2D eigenvalue weighted by Gasteiger charge is 2.18. The number of hydrogen-bond acceptors (Lipinski definition) is 0. The van der Waals surface area contributed by atoms with Gasteiger partial charge in [-0.15, -0.1) is 0 Å². The molecule has 0 radical (unpaired) electrons. The van der Waals surface area contributed by atoms with Crippen molar-refractivity contribution in [1.82, 2.24) is 4.57 Å². The molecule has 0 saturated carbocycles. The highest BCUT2D eigenvalue weighted by atomic mass is 15.0. The average molecular weight is 546 g/mol. The highest BCUT2D eigenvalue weighted by molar-refractivity contribution is 6.10. The Labute approximate surface area is 250 Å². The maximum atomic E-state index is 3.82. The molecule has 1 aromatic heterocycles. The lowest BCUT2D eigenvalue weighted by Crippen LogP contribution is -1.99. The van der Waals surface area contributed by atoms with Gasteiger partial charge in [-0.3, -0.25) is 0 Å². The van der Waals surface area contributed by atoms with Gasteiger partial charge in [0.05, 0.1) is 11.0 Å². The standard InChI is InChI=1S/C41H39N/c1-5-7-14-31(6-2)19-20-32-21-24-37-39-28-34(23-25-40(39)42(41(37)26-32)35-15-9-8-10-16-35)33-22-18-30(4)38(27-33)36-17-12-11-13-29(36)3/h5-17,21,23-28H,1,18-20,22H2,2-4H3/b14-7-,31-6+. The van der Waals surface area contributed by atoms with E-state index in [0.717, 1.165) is 25.7 Å². The van der Waals surface area contributed by atoms with Crippen LogP contribution in [0.1, 0.15) is 55.4 Å². The molecule has 0 unspecified atom stereocenters. The van der Waals surface area contributed by atoms with Crippen LogP contribution >= 0.6 is 0 Å². The molecule has 1 heterocycles. The largest absolute Gasteiger partial charge is 0.309 e. The van der Waals surface area contributed by atoms with E-state index in [1.54, 1.807) is 0 Å². The number of nitrogens with zero attached hydrogens (tertiary/aromatic N) is 1. The molecule has 42 heavy (non-hydrogen) atoms. The van der Waals surface area contributed by atoms with Crippen LogP contribution in [0.15, 0.2) is 139 Å². The SMILES string of the molecule is C=C/C=C\C(=C/C)CCc1ccc2c3cc(C4=CC(c5ccccc5C)=C(C)CC4)ccc3n(-c3ccccc3)c2c1. The first-order valence-electron chi connectivity index (χ1n) is 15.1. The summed E-state index contributed by atoms with van der Waals surface area (Å²) in [6, 6.07) is 33.7. The monoisotopic (exact) mass is 545 g/mol. The lowest BCUT2D eigenvalue weighted by Gasteiger charge is -2.20. The van der Waals surface area contributed by atoms with E-state index in [0.29, 0.717) is 0 Å². The first-order valence-corrected chi connectivity index (χ1v) is 15.1. The van der Waals surface area contributed by atoms with Crippen LogP contribution in [-0.4, -0.2) is 4.57 Å². The third kappa shape index (κ3) is 5.35. The summed E-state index contributed by atoms with van der Waals surface area (Å²) in [6.45, 7) is 10.4. The molecule has 1 nitrogen and oxygen atoms in total. The van der Waals surface area contributed by atoms with Crippen molar-refractivity contribution in [3.8, 4) is 5.69 Å². The fraction of sp³-hybridized carbons (Fsp3) is 0.171. The lowest BCUT2D eigenvalue weighted by atomic mass is 9.85. The Kier molecular flexibility index (Phi) is 7.93. The van der Waals surface area contributed by atoms with Crippen molar-refractivity contribution in [2.45, 2.75) is 46.5 Å². The van der Waals surface area contributed by atoms with Crippen LogP contribution in [0.2, 0.25) is 0 Å². The van der Waals surface area contributed by atoms with Crippen molar-refractivity contribution in [1.29, 1.82) is 0 Å². The van der Waals surface area contributed by atoms with E-state index in [9.17, 15) is 0 Å². The summed E-state index contributed by atoms with van der Waals surface area (Å²) in [7, 11) is 0. The predicted octanol–water partition coefficient (Wildman–Crippen LogP) is 11.4. The van der Waals surface area contributed by atoms with Crippen LogP contribution in [0.4, 0.5) is 0 Å². The van der Waals surface area contributed by atoms with Gasteiger partial charge < -0.3 is 4.57 Å². The second-order valence-electron chi connectivity index (χ2n) is 11.4. The minimum atomic E-state index is 0.999. The number of benzene rings is 4. The Bertz CT molecular complexity index is 1900. The van der Waals surface area contributed by atoms with E-state index in [-0.39, 0.29) is 0 Å². The van der Waals surface area contributed by atoms with Gasteiger partial charge >= 0.3 is 0 Å². The third-order valence-electron chi connectivity index (χ3n) is 8.72. The maximum Gasteiger partial charge on any atom is 0.0543 e. The maximum absolute atomic E-state index is 3.82. The fourth-order valence-corrected chi connectivity index (χ4v) is 6.32. The Morgan fingerprint density at radius 1 is 0.833 bits per heavy atom. The molecule has 1 aliphatic rings. The van der Waals surface area contributed by atoms with E-state index in [4.69, 9.17) is 0 Å². The second kappa shape index (κ2) is 12.1. The third-order valence-corrected chi connectivity index (χ3v) is 8.72. The van der Waals surface area contributed by atoms with Crippen molar-refractivity contribution in [2.24, 2.45) is 0 Å². The molecule has 1 aliphatic carbocycles. The predicted molar refractivity (Wildman–Crippen MR) is 183 cm³/mol. The molecular weight excluding hydrogens is 506 g/mol. The van der Waals surface area contributed by atoms with E-state index in [2.05, 4.69) is 141 Å². The molecular formula is C41H39N. The van der Waals surface area contributed by atoms with Crippen molar-refractivity contribution in [3.05, 3.63) is 161 Å². The molecule has 4 aromatic carbocycles. The normalized spacial score (nSPS) is 14.3. The molecule has 0 bridgehead atoms. The first kappa shape index (κ1) is 27.5. The fourth-order valence-electron chi connectivity index (χ4n) is 6.32. The summed E-state index contributed by atoms with van der Waals surface area (Å²) in [5.41, 5.74) is 14.7. The van der Waals surface area contributed by atoms with E-state index in [1.807, 2.05) is 12.2 Å². The molecule has 0 N–H and O–H groups in total. The van der Waals surface area contributed by atoms with Gasteiger partial charge in [0.25, 0.3) is 0 Å². The van der Waals surface area contributed by atoms with Gasteiger partial charge in [0, 0.05) is 16.5 Å². The molecule has 5 aromatic rings. The number of aryl methyl sites for hydroxylation is 2. The molecule has 0 spiro atoms. The summed E-state index contributed by atoms with van der Waals surface area (Å²) < 4.78 is 2.43. The van der Waals surface area contributed by atoms with Gasteiger partial charge in [-0.05, 0) is 110 Å². The summed E-state index contributed by atoms with van der Waals surface area (Å²) in [5, 5.41) is 2.62. The van der Waals surface area contributed by atoms with Crippen LogP contribution < -0.4 is 0 Å². The minimum Gasteiger partial charge on any atom is -0.309 e. The van der Waals surface area contributed by atoms with Crippen LogP contribution in [0.5, 0.6) is 0 Å².